The summed E-state index contributed by atoms with van der Waals surface area (Å²) >= 11 is 1.27. The average molecular weight is 306 g/mol. The first-order chi connectivity index (χ1) is 9.88. The highest BCUT2D eigenvalue weighted by Crippen LogP contribution is 2.25. The lowest BCUT2D eigenvalue weighted by molar-refractivity contribution is -0.385. The third-order valence-electron chi connectivity index (χ3n) is 2.92. The summed E-state index contributed by atoms with van der Waals surface area (Å²) in [6, 6.07) is 6.06. The summed E-state index contributed by atoms with van der Waals surface area (Å²) in [6.07, 6.45) is -0.570. The number of nitro groups is 1. The Morgan fingerprint density at radius 2 is 2.14 bits per heavy atom. The highest BCUT2D eigenvalue weighted by Gasteiger charge is 2.20. The standard InChI is InChI=1S/C14H14N2O4S/c1-8-13(21-10(3)15-8)14(17)20-9(2)11-5-4-6-12(7-11)16(18)19/h4-7,9H,1-3H3. The molecule has 1 aromatic heterocycles. The maximum absolute atomic E-state index is 12.1. The maximum Gasteiger partial charge on any atom is 0.350 e. The lowest BCUT2D eigenvalue weighted by atomic mass is 10.1. The van der Waals surface area contributed by atoms with Crippen LogP contribution in [0.15, 0.2) is 24.3 Å². The zero-order chi connectivity index (χ0) is 15.6. The smallest absolute Gasteiger partial charge is 0.350 e. The number of carbonyl (C=O) groups is 1. The molecule has 0 aliphatic carbocycles. The van der Waals surface area contributed by atoms with E-state index in [0.29, 0.717) is 16.1 Å². The predicted molar refractivity (Wildman–Crippen MR) is 78.5 cm³/mol. The zero-order valence-corrected chi connectivity index (χ0v) is 12.6. The Hall–Kier alpha value is -2.28. The Kier molecular flexibility index (Phi) is 4.32. The van der Waals surface area contributed by atoms with Crippen LogP contribution in [0.3, 0.4) is 0 Å². The lowest BCUT2D eigenvalue weighted by Crippen LogP contribution is -2.09. The van der Waals surface area contributed by atoms with Crippen molar-refractivity contribution in [2.45, 2.75) is 26.9 Å². The number of hydrogen-bond donors (Lipinski definition) is 0. The van der Waals surface area contributed by atoms with Crippen molar-refractivity contribution in [1.82, 2.24) is 4.98 Å². The second-order valence-electron chi connectivity index (χ2n) is 4.55. The van der Waals surface area contributed by atoms with Crippen LogP contribution in [0.2, 0.25) is 0 Å². The SMILES string of the molecule is Cc1nc(C)c(C(=O)OC(C)c2cccc([N+](=O)[O-])c2)s1. The highest BCUT2D eigenvalue weighted by molar-refractivity contribution is 7.13. The van der Waals surface area contributed by atoms with Crippen LogP contribution in [0.5, 0.6) is 0 Å². The topological polar surface area (TPSA) is 82.3 Å². The largest absolute Gasteiger partial charge is 0.454 e. The summed E-state index contributed by atoms with van der Waals surface area (Å²) in [6.45, 7) is 5.25. The van der Waals surface area contributed by atoms with E-state index in [4.69, 9.17) is 4.74 Å². The molecule has 0 fully saturated rings. The van der Waals surface area contributed by atoms with Crippen LogP contribution in [-0.4, -0.2) is 15.9 Å². The van der Waals surface area contributed by atoms with E-state index in [1.54, 1.807) is 26.0 Å². The molecule has 1 atom stereocenters. The zero-order valence-electron chi connectivity index (χ0n) is 11.8. The second kappa shape index (κ2) is 6.01. The molecular weight excluding hydrogens is 292 g/mol. The van der Waals surface area contributed by atoms with Gasteiger partial charge in [0.15, 0.2) is 0 Å². The monoisotopic (exact) mass is 306 g/mol. The van der Waals surface area contributed by atoms with E-state index in [1.165, 1.54) is 23.5 Å². The first-order valence-electron chi connectivity index (χ1n) is 6.28. The van der Waals surface area contributed by atoms with Crippen molar-refractivity contribution in [1.29, 1.82) is 0 Å². The van der Waals surface area contributed by atoms with Gasteiger partial charge in [-0.15, -0.1) is 11.3 Å². The maximum atomic E-state index is 12.1. The molecular formula is C14H14N2O4S. The number of benzene rings is 1. The van der Waals surface area contributed by atoms with E-state index < -0.39 is 17.0 Å². The van der Waals surface area contributed by atoms with Gasteiger partial charge in [-0.25, -0.2) is 9.78 Å². The Balaban J connectivity index is 2.16. The molecule has 0 aliphatic rings. The number of thiazole rings is 1. The summed E-state index contributed by atoms with van der Waals surface area (Å²) in [7, 11) is 0. The molecule has 110 valence electrons. The number of esters is 1. The molecule has 0 bridgehead atoms. The van der Waals surface area contributed by atoms with Gasteiger partial charge < -0.3 is 4.74 Å². The van der Waals surface area contributed by atoms with Crippen LogP contribution in [0.1, 0.15) is 39.0 Å². The molecule has 6 nitrogen and oxygen atoms in total. The lowest BCUT2D eigenvalue weighted by Gasteiger charge is -2.12. The quantitative estimate of drug-likeness (QED) is 0.490. The van der Waals surface area contributed by atoms with Gasteiger partial charge >= 0.3 is 5.97 Å². The van der Waals surface area contributed by atoms with Crippen molar-refractivity contribution in [3.8, 4) is 0 Å². The number of non-ortho nitro benzene ring substituents is 1. The molecule has 1 heterocycles. The van der Waals surface area contributed by atoms with Gasteiger partial charge in [0.05, 0.1) is 15.6 Å². The Labute approximate surface area is 125 Å². The van der Waals surface area contributed by atoms with E-state index >= 15 is 0 Å². The summed E-state index contributed by atoms with van der Waals surface area (Å²) in [5.41, 5.74) is 1.19. The first kappa shape index (κ1) is 15.1. The van der Waals surface area contributed by atoms with Crippen molar-refractivity contribution in [2.24, 2.45) is 0 Å². The number of nitro benzene ring substituents is 1. The van der Waals surface area contributed by atoms with Gasteiger partial charge in [-0.2, -0.15) is 0 Å². The van der Waals surface area contributed by atoms with Gasteiger partial charge in [0.2, 0.25) is 0 Å². The van der Waals surface area contributed by atoms with E-state index in [-0.39, 0.29) is 5.69 Å². The molecule has 1 unspecified atom stereocenters. The third kappa shape index (κ3) is 3.43. The molecule has 0 N–H and O–H groups in total. The number of carbonyl (C=O) groups excluding carboxylic acids is 1. The Morgan fingerprint density at radius 3 is 2.71 bits per heavy atom. The van der Waals surface area contributed by atoms with Crippen molar-refractivity contribution in [3.05, 3.63) is 55.5 Å². The van der Waals surface area contributed by atoms with Gasteiger partial charge in [0.1, 0.15) is 11.0 Å². The van der Waals surface area contributed by atoms with Crippen molar-refractivity contribution < 1.29 is 14.5 Å². The van der Waals surface area contributed by atoms with Gasteiger partial charge in [0, 0.05) is 12.1 Å². The molecule has 7 heteroatoms. The average Bonchev–Trinajstić information content (AvgIpc) is 2.77. The number of rotatable bonds is 4. The van der Waals surface area contributed by atoms with E-state index in [0.717, 1.165) is 5.01 Å². The van der Waals surface area contributed by atoms with E-state index in [2.05, 4.69) is 4.98 Å². The fourth-order valence-corrected chi connectivity index (χ4v) is 2.70. The fraction of sp³-hybridized carbons (Fsp3) is 0.286. The number of aryl methyl sites for hydroxylation is 2. The van der Waals surface area contributed by atoms with Gasteiger partial charge in [-0.3, -0.25) is 10.1 Å². The molecule has 2 rings (SSSR count). The molecule has 0 saturated carbocycles. The molecule has 21 heavy (non-hydrogen) atoms. The van der Waals surface area contributed by atoms with Crippen LogP contribution < -0.4 is 0 Å². The minimum absolute atomic E-state index is 0.0276. The first-order valence-corrected chi connectivity index (χ1v) is 7.09. The van der Waals surface area contributed by atoms with E-state index in [9.17, 15) is 14.9 Å². The highest BCUT2D eigenvalue weighted by atomic mass is 32.1. The van der Waals surface area contributed by atoms with Crippen LogP contribution in [-0.2, 0) is 4.74 Å². The minimum atomic E-state index is -0.570. The minimum Gasteiger partial charge on any atom is -0.454 e. The van der Waals surface area contributed by atoms with Crippen molar-refractivity contribution >= 4 is 23.0 Å². The van der Waals surface area contributed by atoms with Gasteiger partial charge in [0.25, 0.3) is 5.69 Å². The number of aromatic nitrogens is 1. The number of nitrogens with zero attached hydrogens (tertiary/aromatic N) is 2. The second-order valence-corrected chi connectivity index (χ2v) is 5.75. The fourth-order valence-electron chi connectivity index (χ4n) is 1.89. The molecule has 0 amide bonds. The summed E-state index contributed by atoms with van der Waals surface area (Å²) < 4.78 is 5.36. The van der Waals surface area contributed by atoms with Gasteiger partial charge in [-0.1, -0.05) is 12.1 Å². The summed E-state index contributed by atoms with van der Waals surface area (Å²) in [5, 5.41) is 11.6. The molecule has 0 spiro atoms. The Bertz CT molecular complexity index is 696. The molecule has 2 aromatic rings. The number of hydrogen-bond acceptors (Lipinski definition) is 6. The van der Waals surface area contributed by atoms with Crippen molar-refractivity contribution in [2.75, 3.05) is 0 Å². The number of ether oxygens (including phenoxy) is 1. The van der Waals surface area contributed by atoms with Crippen LogP contribution in [0.25, 0.3) is 0 Å². The normalized spacial score (nSPS) is 12.0. The predicted octanol–water partition coefficient (Wildman–Crippen LogP) is 3.59. The van der Waals surface area contributed by atoms with Crippen LogP contribution >= 0.6 is 11.3 Å². The van der Waals surface area contributed by atoms with Crippen molar-refractivity contribution in [3.63, 3.8) is 0 Å². The molecule has 0 aliphatic heterocycles. The van der Waals surface area contributed by atoms with E-state index in [1.807, 2.05) is 6.92 Å². The van der Waals surface area contributed by atoms with Crippen LogP contribution in [0.4, 0.5) is 5.69 Å². The summed E-state index contributed by atoms with van der Waals surface area (Å²) in [4.78, 5) is 27.0. The van der Waals surface area contributed by atoms with Crippen LogP contribution in [0, 0.1) is 24.0 Å². The Morgan fingerprint density at radius 1 is 1.43 bits per heavy atom. The molecule has 1 aromatic carbocycles. The summed E-state index contributed by atoms with van der Waals surface area (Å²) in [5.74, 6) is -0.461. The third-order valence-corrected chi connectivity index (χ3v) is 3.98. The molecule has 0 saturated heterocycles. The van der Waals surface area contributed by atoms with Gasteiger partial charge in [-0.05, 0) is 26.3 Å². The molecule has 0 radical (unpaired) electrons.